The number of hydrogen-bond donors (Lipinski definition) is 1. The van der Waals surface area contributed by atoms with Crippen LogP contribution in [0.15, 0.2) is 35.9 Å². The van der Waals surface area contributed by atoms with Crippen LogP contribution >= 0.6 is 0 Å². The molecule has 0 spiro atoms. The van der Waals surface area contributed by atoms with Crippen molar-refractivity contribution in [2.75, 3.05) is 26.7 Å². The van der Waals surface area contributed by atoms with E-state index in [0.717, 1.165) is 39.0 Å². The number of rotatable bonds is 0. The van der Waals surface area contributed by atoms with Crippen molar-refractivity contribution >= 4 is 10.9 Å². The molecule has 1 N–H and O–H groups in total. The van der Waals surface area contributed by atoms with Crippen LogP contribution in [0.2, 0.25) is 0 Å². The number of benzene rings is 1. The number of aromatic amines is 1. The van der Waals surface area contributed by atoms with Crippen LogP contribution in [0, 0.1) is 5.92 Å². The summed E-state index contributed by atoms with van der Waals surface area (Å²) in [4.78, 5) is 6.14. The highest BCUT2D eigenvalue weighted by Gasteiger charge is 2.30. The molecule has 3 heteroatoms. The molecule has 3 heterocycles. The van der Waals surface area contributed by atoms with Crippen LogP contribution in [0.25, 0.3) is 10.9 Å². The van der Waals surface area contributed by atoms with Gasteiger partial charge in [-0.15, -0.1) is 0 Å². The average molecular weight is 310 g/mol. The fourth-order valence-electron chi connectivity index (χ4n) is 4.25. The van der Waals surface area contributed by atoms with E-state index in [1.807, 2.05) is 0 Å². The van der Waals surface area contributed by atoms with E-state index in [0.29, 0.717) is 5.92 Å². The van der Waals surface area contributed by atoms with Crippen LogP contribution < -0.4 is 0 Å². The molecule has 3 nitrogen and oxygen atoms in total. The van der Waals surface area contributed by atoms with Crippen molar-refractivity contribution in [2.45, 2.75) is 32.3 Å². The molecule has 2 atom stereocenters. The van der Waals surface area contributed by atoms with Crippen molar-refractivity contribution < 1.29 is 4.74 Å². The lowest BCUT2D eigenvalue weighted by Crippen LogP contribution is -2.31. The van der Waals surface area contributed by atoms with E-state index in [9.17, 15) is 0 Å². The molecule has 0 amide bonds. The second-order valence-corrected chi connectivity index (χ2v) is 6.99. The lowest BCUT2D eigenvalue weighted by Gasteiger charge is -2.34. The number of nitrogens with one attached hydrogen (secondary N) is 1. The zero-order valence-electron chi connectivity index (χ0n) is 14.1. The standard InChI is InChI=1S/C20H26N2O/c1-3-14-13-22(2)10-8-17-16-6-4-5-7-18(16)21-20(17)19-12-15(14)9-11-23-19/h3-7,15,19,21H,8-13H2,1-2H3/b14-3+. The maximum Gasteiger partial charge on any atom is 0.0981 e. The van der Waals surface area contributed by atoms with Gasteiger partial charge in [0.25, 0.3) is 0 Å². The molecular weight excluding hydrogens is 284 g/mol. The summed E-state index contributed by atoms with van der Waals surface area (Å²) in [7, 11) is 2.25. The first-order chi connectivity index (χ1) is 11.3. The highest BCUT2D eigenvalue weighted by Crippen LogP contribution is 2.39. The largest absolute Gasteiger partial charge is 0.372 e. The second kappa shape index (κ2) is 6.14. The van der Waals surface area contributed by atoms with Gasteiger partial charge in [0, 0.05) is 36.3 Å². The van der Waals surface area contributed by atoms with Crippen molar-refractivity contribution in [3.8, 4) is 0 Å². The van der Waals surface area contributed by atoms with E-state index >= 15 is 0 Å². The molecule has 2 bridgehead atoms. The number of allylic oxidation sites excluding steroid dienone is 1. The van der Waals surface area contributed by atoms with E-state index in [-0.39, 0.29) is 6.10 Å². The normalized spacial score (nSPS) is 28.0. The Hall–Kier alpha value is -1.58. The lowest BCUT2D eigenvalue weighted by molar-refractivity contribution is -0.00708. The number of fused-ring (bicyclic) bond motifs is 6. The molecule has 23 heavy (non-hydrogen) atoms. The Morgan fingerprint density at radius 1 is 1.30 bits per heavy atom. The first kappa shape index (κ1) is 15.0. The second-order valence-electron chi connectivity index (χ2n) is 6.99. The average Bonchev–Trinajstić information content (AvgIpc) is 2.96. The predicted octanol–water partition coefficient (Wildman–Crippen LogP) is 4.07. The summed E-state index contributed by atoms with van der Waals surface area (Å²) in [5.41, 5.74) is 5.61. The Bertz CT molecular complexity index is 730. The van der Waals surface area contributed by atoms with Crippen LogP contribution in [0.1, 0.15) is 37.1 Å². The number of nitrogens with zero attached hydrogens (tertiary/aromatic N) is 1. The molecule has 4 rings (SSSR count). The van der Waals surface area contributed by atoms with E-state index in [2.05, 4.69) is 54.2 Å². The lowest BCUT2D eigenvalue weighted by atomic mass is 9.85. The van der Waals surface area contributed by atoms with Gasteiger partial charge in [-0.05, 0) is 50.8 Å². The van der Waals surface area contributed by atoms with Gasteiger partial charge in [0.15, 0.2) is 0 Å². The Morgan fingerprint density at radius 2 is 2.17 bits per heavy atom. The highest BCUT2D eigenvalue weighted by atomic mass is 16.5. The Labute approximate surface area is 138 Å². The van der Waals surface area contributed by atoms with Crippen molar-refractivity contribution in [1.82, 2.24) is 9.88 Å². The summed E-state index contributed by atoms with van der Waals surface area (Å²) in [5, 5.41) is 1.37. The topological polar surface area (TPSA) is 28.3 Å². The summed E-state index contributed by atoms with van der Waals surface area (Å²) in [6.07, 6.45) is 5.89. The van der Waals surface area contributed by atoms with Crippen LogP contribution in [0.3, 0.4) is 0 Å². The number of aromatic nitrogens is 1. The zero-order chi connectivity index (χ0) is 15.8. The van der Waals surface area contributed by atoms with Crippen molar-refractivity contribution in [3.63, 3.8) is 0 Å². The predicted molar refractivity (Wildman–Crippen MR) is 94.7 cm³/mol. The number of hydrogen-bond acceptors (Lipinski definition) is 2. The quantitative estimate of drug-likeness (QED) is 0.743. The first-order valence-corrected chi connectivity index (χ1v) is 8.81. The van der Waals surface area contributed by atoms with Crippen molar-refractivity contribution in [1.29, 1.82) is 0 Å². The van der Waals surface area contributed by atoms with Gasteiger partial charge in [-0.2, -0.15) is 0 Å². The van der Waals surface area contributed by atoms with E-state index in [1.54, 1.807) is 5.57 Å². The Kier molecular flexibility index (Phi) is 4.00. The van der Waals surface area contributed by atoms with Crippen LogP contribution in [-0.2, 0) is 11.2 Å². The van der Waals surface area contributed by atoms with Gasteiger partial charge >= 0.3 is 0 Å². The maximum atomic E-state index is 6.18. The van der Waals surface area contributed by atoms with E-state index < -0.39 is 0 Å². The van der Waals surface area contributed by atoms with Gasteiger partial charge in [0.05, 0.1) is 6.10 Å². The minimum Gasteiger partial charge on any atom is -0.372 e. The SMILES string of the molecule is C/C=C1\CN(C)CCc2c([nH]c3ccccc23)C2CC1CCO2. The fraction of sp³-hybridized carbons (Fsp3) is 0.500. The van der Waals surface area contributed by atoms with Crippen LogP contribution in [0.5, 0.6) is 0 Å². The van der Waals surface area contributed by atoms with Crippen LogP contribution in [0.4, 0.5) is 0 Å². The molecule has 0 saturated carbocycles. The summed E-state index contributed by atoms with van der Waals surface area (Å²) >= 11 is 0. The number of ether oxygens (including phenoxy) is 1. The third-order valence-electron chi connectivity index (χ3n) is 5.54. The summed E-state index contributed by atoms with van der Waals surface area (Å²) in [5.74, 6) is 0.651. The van der Waals surface area contributed by atoms with Gasteiger partial charge in [0.1, 0.15) is 0 Å². The van der Waals surface area contributed by atoms with Gasteiger partial charge in [-0.25, -0.2) is 0 Å². The smallest absolute Gasteiger partial charge is 0.0981 e. The molecule has 1 aromatic carbocycles. The fourth-order valence-corrected chi connectivity index (χ4v) is 4.25. The number of likely N-dealkylation sites (N-methyl/N-ethyl adjacent to an activating group) is 1. The molecule has 0 radical (unpaired) electrons. The van der Waals surface area contributed by atoms with Gasteiger partial charge in [0.2, 0.25) is 0 Å². The molecular formula is C20H26N2O. The zero-order valence-corrected chi connectivity index (χ0v) is 14.1. The third kappa shape index (κ3) is 2.73. The molecule has 2 aliphatic rings. The molecule has 1 saturated heterocycles. The maximum absolute atomic E-state index is 6.18. The molecule has 2 aliphatic heterocycles. The van der Waals surface area contributed by atoms with Crippen molar-refractivity contribution in [3.05, 3.63) is 47.2 Å². The number of H-pyrrole nitrogens is 1. The summed E-state index contributed by atoms with van der Waals surface area (Å²) in [6.45, 7) is 5.23. The van der Waals surface area contributed by atoms with Gasteiger partial charge in [-0.3, -0.25) is 0 Å². The molecule has 1 aromatic heterocycles. The third-order valence-corrected chi connectivity index (χ3v) is 5.54. The molecule has 2 aromatic rings. The van der Waals surface area contributed by atoms with Crippen LogP contribution in [-0.4, -0.2) is 36.6 Å². The minimum atomic E-state index is 0.217. The molecule has 1 fully saturated rings. The first-order valence-electron chi connectivity index (χ1n) is 8.81. The summed E-state index contributed by atoms with van der Waals surface area (Å²) < 4.78 is 6.18. The molecule has 0 aliphatic carbocycles. The van der Waals surface area contributed by atoms with E-state index in [1.165, 1.54) is 22.2 Å². The number of para-hydroxylation sites is 1. The monoisotopic (exact) mass is 310 g/mol. The molecule has 2 unspecified atom stereocenters. The summed E-state index contributed by atoms with van der Waals surface area (Å²) in [6, 6.07) is 8.68. The van der Waals surface area contributed by atoms with Gasteiger partial charge < -0.3 is 14.6 Å². The highest BCUT2D eigenvalue weighted by molar-refractivity contribution is 5.84. The Morgan fingerprint density at radius 3 is 3.04 bits per heavy atom. The molecule has 122 valence electrons. The van der Waals surface area contributed by atoms with Crippen molar-refractivity contribution in [2.24, 2.45) is 5.92 Å². The Balaban J connectivity index is 1.81. The van der Waals surface area contributed by atoms with E-state index in [4.69, 9.17) is 4.74 Å². The minimum absolute atomic E-state index is 0.217. The van der Waals surface area contributed by atoms with Gasteiger partial charge in [-0.1, -0.05) is 29.8 Å².